The number of nitrogens with one attached hydrogen (secondary N) is 1. The lowest BCUT2D eigenvalue weighted by atomic mass is 10.3. The van der Waals surface area contributed by atoms with E-state index < -0.39 is 0 Å². The molecule has 2 aromatic rings. The number of benzene rings is 1. The molecule has 0 saturated heterocycles. The number of nitrogens with zero attached hydrogens (tertiary/aromatic N) is 2. The van der Waals surface area contributed by atoms with Crippen LogP contribution in [0.2, 0.25) is 0 Å². The molecule has 0 radical (unpaired) electrons. The van der Waals surface area contributed by atoms with Gasteiger partial charge < -0.3 is 9.88 Å². The van der Waals surface area contributed by atoms with Crippen LogP contribution in [0.25, 0.3) is 0 Å². The molecule has 94 valence electrons. The monoisotopic (exact) mass is 261 g/mol. The van der Waals surface area contributed by atoms with Crippen LogP contribution >= 0.6 is 11.8 Å². The Morgan fingerprint density at radius 2 is 2.11 bits per heavy atom. The summed E-state index contributed by atoms with van der Waals surface area (Å²) in [6, 6.07) is 9.45. The van der Waals surface area contributed by atoms with Crippen LogP contribution in [0.4, 0.5) is 5.69 Å². The van der Waals surface area contributed by atoms with E-state index in [-0.39, 0.29) is 11.2 Å². The van der Waals surface area contributed by atoms with Crippen LogP contribution in [-0.4, -0.2) is 20.7 Å². The molecule has 1 N–H and O–H groups in total. The van der Waals surface area contributed by atoms with Crippen LogP contribution in [0, 0.1) is 0 Å². The molecule has 1 aromatic carbocycles. The minimum atomic E-state index is -0.189. The summed E-state index contributed by atoms with van der Waals surface area (Å²) in [4.78, 5) is 16.2. The largest absolute Gasteiger partial charge is 0.329 e. The molecule has 0 fully saturated rings. The van der Waals surface area contributed by atoms with Gasteiger partial charge in [0.25, 0.3) is 0 Å². The van der Waals surface area contributed by atoms with Crippen LogP contribution in [0.5, 0.6) is 0 Å². The van der Waals surface area contributed by atoms with Crippen LogP contribution in [0.1, 0.15) is 6.92 Å². The van der Waals surface area contributed by atoms with Crippen molar-refractivity contribution in [1.82, 2.24) is 9.55 Å². The molecule has 1 atom stereocenters. The van der Waals surface area contributed by atoms with Crippen molar-refractivity contribution in [3.63, 3.8) is 0 Å². The van der Waals surface area contributed by atoms with Crippen molar-refractivity contribution in [2.75, 3.05) is 5.32 Å². The maximum atomic E-state index is 12.0. The number of thioether (sulfide) groups is 1. The Bertz CT molecular complexity index is 524. The molecule has 5 heteroatoms. The van der Waals surface area contributed by atoms with E-state index >= 15 is 0 Å². The standard InChI is InChI=1S/C13H15N3OS/c1-10(18-13-14-8-9-16(13)2)12(17)15-11-6-4-3-5-7-11/h3-10H,1-2H3,(H,15,17). The summed E-state index contributed by atoms with van der Waals surface area (Å²) in [6.07, 6.45) is 3.59. The lowest BCUT2D eigenvalue weighted by molar-refractivity contribution is -0.115. The van der Waals surface area contributed by atoms with Gasteiger partial charge in [-0.25, -0.2) is 4.98 Å². The number of aryl methyl sites for hydroxylation is 1. The first-order valence-corrected chi connectivity index (χ1v) is 6.54. The molecule has 1 amide bonds. The quantitative estimate of drug-likeness (QED) is 0.860. The summed E-state index contributed by atoms with van der Waals surface area (Å²) >= 11 is 1.44. The third kappa shape index (κ3) is 3.13. The van der Waals surface area contributed by atoms with Crippen LogP contribution < -0.4 is 5.32 Å². The van der Waals surface area contributed by atoms with Gasteiger partial charge in [0.05, 0.1) is 5.25 Å². The Hall–Kier alpha value is -1.75. The summed E-state index contributed by atoms with van der Waals surface area (Å²) in [5, 5.41) is 3.53. The molecule has 0 aliphatic rings. The third-order valence-corrected chi connectivity index (χ3v) is 3.64. The van der Waals surface area contributed by atoms with Gasteiger partial charge in [0.15, 0.2) is 5.16 Å². The Balaban J connectivity index is 1.95. The Morgan fingerprint density at radius 1 is 1.39 bits per heavy atom. The normalized spacial score (nSPS) is 12.1. The maximum absolute atomic E-state index is 12.0. The highest BCUT2D eigenvalue weighted by atomic mass is 32.2. The minimum absolute atomic E-state index is 0.0193. The fraction of sp³-hybridized carbons (Fsp3) is 0.231. The highest BCUT2D eigenvalue weighted by Crippen LogP contribution is 2.21. The average molecular weight is 261 g/mol. The van der Waals surface area contributed by atoms with E-state index in [4.69, 9.17) is 0 Å². The number of carbonyl (C=O) groups is 1. The molecule has 1 heterocycles. The van der Waals surface area contributed by atoms with E-state index in [1.807, 2.05) is 55.1 Å². The second-order valence-electron chi connectivity index (χ2n) is 3.94. The molecule has 18 heavy (non-hydrogen) atoms. The van der Waals surface area contributed by atoms with E-state index in [0.717, 1.165) is 10.8 Å². The molecule has 0 saturated carbocycles. The first-order chi connectivity index (χ1) is 8.66. The number of amides is 1. The van der Waals surface area contributed by atoms with Crippen molar-refractivity contribution in [1.29, 1.82) is 0 Å². The average Bonchev–Trinajstić information content (AvgIpc) is 2.76. The molecule has 2 rings (SSSR count). The van der Waals surface area contributed by atoms with Gasteiger partial charge in [0, 0.05) is 25.1 Å². The third-order valence-electron chi connectivity index (χ3n) is 2.47. The van der Waals surface area contributed by atoms with Crippen molar-refractivity contribution < 1.29 is 4.79 Å². The van der Waals surface area contributed by atoms with E-state index in [1.165, 1.54) is 11.8 Å². The summed E-state index contributed by atoms with van der Waals surface area (Å²) in [6.45, 7) is 1.87. The summed E-state index contributed by atoms with van der Waals surface area (Å²) in [5.41, 5.74) is 0.815. The Labute approximate surface area is 110 Å². The summed E-state index contributed by atoms with van der Waals surface area (Å²) in [7, 11) is 1.91. The van der Waals surface area contributed by atoms with Gasteiger partial charge in [-0.1, -0.05) is 30.0 Å². The SMILES string of the molecule is CC(Sc1nccn1C)C(=O)Nc1ccccc1. The van der Waals surface area contributed by atoms with Gasteiger partial charge in [0.2, 0.25) is 5.91 Å². The molecule has 0 spiro atoms. The second-order valence-corrected chi connectivity index (χ2v) is 5.24. The van der Waals surface area contributed by atoms with Crippen molar-refractivity contribution in [2.24, 2.45) is 7.05 Å². The topological polar surface area (TPSA) is 46.9 Å². The van der Waals surface area contributed by atoms with Crippen molar-refractivity contribution in [2.45, 2.75) is 17.3 Å². The molecule has 4 nitrogen and oxygen atoms in total. The fourth-order valence-corrected chi connectivity index (χ4v) is 2.27. The molecule has 1 aromatic heterocycles. The number of anilines is 1. The number of carbonyl (C=O) groups excluding carboxylic acids is 1. The van der Waals surface area contributed by atoms with E-state index in [2.05, 4.69) is 10.3 Å². The smallest absolute Gasteiger partial charge is 0.237 e. The molecule has 1 unspecified atom stereocenters. The van der Waals surface area contributed by atoms with Gasteiger partial charge in [-0.15, -0.1) is 0 Å². The van der Waals surface area contributed by atoms with Crippen molar-refractivity contribution in [3.05, 3.63) is 42.7 Å². The number of hydrogen-bond donors (Lipinski definition) is 1. The zero-order chi connectivity index (χ0) is 13.0. The van der Waals surface area contributed by atoms with Gasteiger partial charge in [0.1, 0.15) is 0 Å². The first-order valence-electron chi connectivity index (χ1n) is 5.66. The fourth-order valence-electron chi connectivity index (χ4n) is 1.44. The molecule has 0 aliphatic heterocycles. The second kappa shape index (κ2) is 5.73. The molecular weight excluding hydrogens is 246 g/mol. The van der Waals surface area contributed by atoms with Gasteiger partial charge in [-0.2, -0.15) is 0 Å². The number of para-hydroxylation sites is 1. The lowest BCUT2D eigenvalue weighted by Gasteiger charge is -2.11. The van der Waals surface area contributed by atoms with E-state index in [0.29, 0.717) is 0 Å². The van der Waals surface area contributed by atoms with Gasteiger partial charge in [-0.05, 0) is 19.1 Å². The van der Waals surface area contributed by atoms with Crippen molar-refractivity contribution in [3.8, 4) is 0 Å². The molecular formula is C13H15N3OS. The van der Waals surface area contributed by atoms with Crippen molar-refractivity contribution >= 4 is 23.4 Å². The number of rotatable bonds is 4. The van der Waals surface area contributed by atoms with E-state index in [1.54, 1.807) is 6.20 Å². The first kappa shape index (κ1) is 12.7. The molecule has 0 aliphatic carbocycles. The van der Waals surface area contributed by atoms with Gasteiger partial charge >= 0.3 is 0 Å². The van der Waals surface area contributed by atoms with Gasteiger partial charge in [-0.3, -0.25) is 4.79 Å². The predicted octanol–water partition coefficient (Wildman–Crippen LogP) is 2.54. The number of imidazole rings is 1. The highest BCUT2D eigenvalue weighted by molar-refractivity contribution is 8.00. The van der Waals surface area contributed by atoms with E-state index in [9.17, 15) is 4.79 Å². The predicted molar refractivity (Wildman–Crippen MR) is 73.6 cm³/mol. The Kier molecular flexibility index (Phi) is 4.04. The van der Waals surface area contributed by atoms with Crippen LogP contribution in [0.15, 0.2) is 47.9 Å². The highest BCUT2D eigenvalue weighted by Gasteiger charge is 2.16. The van der Waals surface area contributed by atoms with Crippen LogP contribution in [0.3, 0.4) is 0 Å². The summed E-state index contributed by atoms with van der Waals surface area (Å²) in [5.74, 6) is -0.0193. The Morgan fingerprint density at radius 3 is 2.72 bits per heavy atom. The number of aromatic nitrogens is 2. The minimum Gasteiger partial charge on any atom is -0.329 e. The zero-order valence-corrected chi connectivity index (χ0v) is 11.1. The zero-order valence-electron chi connectivity index (χ0n) is 10.3. The van der Waals surface area contributed by atoms with Crippen LogP contribution in [-0.2, 0) is 11.8 Å². The summed E-state index contributed by atoms with van der Waals surface area (Å²) < 4.78 is 1.90. The lowest BCUT2D eigenvalue weighted by Crippen LogP contribution is -2.22. The number of hydrogen-bond acceptors (Lipinski definition) is 3. The maximum Gasteiger partial charge on any atom is 0.237 e. The molecule has 0 bridgehead atoms.